The van der Waals surface area contributed by atoms with Crippen molar-refractivity contribution >= 4 is 10.9 Å². The van der Waals surface area contributed by atoms with E-state index in [-0.39, 0.29) is 0 Å². The Morgan fingerprint density at radius 2 is 2.00 bits per heavy atom. The van der Waals surface area contributed by atoms with Crippen molar-refractivity contribution < 1.29 is 4.52 Å². The normalized spacial score (nSPS) is 11.6. The van der Waals surface area contributed by atoms with Gasteiger partial charge in [-0.15, -0.1) is 12.3 Å². The van der Waals surface area contributed by atoms with Crippen LogP contribution in [0.1, 0.15) is 18.0 Å². The van der Waals surface area contributed by atoms with E-state index in [2.05, 4.69) is 21.1 Å². The number of nitrogens with zero attached hydrogens (tertiary/aromatic N) is 4. The van der Waals surface area contributed by atoms with Gasteiger partial charge in [0.1, 0.15) is 5.52 Å². The molecule has 5 nitrogen and oxygen atoms in total. The molecule has 1 aromatic heterocycles. The van der Waals surface area contributed by atoms with E-state index in [1.54, 1.807) is 0 Å². The monoisotopic (exact) mass is 288 g/mol. The molecule has 5 heteroatoms. The summed E-state index contributed by atoms with van der Waals surface area (Å²) in [5, 5.41) is 8.79. The number of aromatic nitrogens is 1. The minimum Gasteiger partial charge on any atom is -0.355 e. The molecule has 0 fully saturated rings. The third kappa shape index (κ3) is 2.39. The van der Waals surface area contributed by atoms with Gasteiger partial charge in [0.25, 0.3) is 0 Å². The van der Waals surface area contributed by atoms with Gasteiger partial charge in [0.15, 0.2) is 5.76 Å². The highest BCUT2D eigenvalue weighted by molar-refractivity contribution is 5.92. The Hall–Kier alpha value is -3.22. The highest BCUT2D eigenvalue weighted by atomic mass is 16.5. The van der Waals surface area contributed by atoms with Crippen LogP contribution in [0.2, 0.25) is 0 Å². The van der Waals surface area contributed by atoms with Gasteiger partial charge in [0, 0.05) is 22.3 Å². The van der Waals surface area contributed by atoms with Gasteiger partial charge in [-0.3, -0.25) is 0 Å². The third-order valence-electron chi connectivity index (χ3n) is 3.45. The van der Waals surface area contributed by atoms with Crippen LogP contribution in [0.25, 0.3) is 32.7 Å². The molecule has 0 N–H and O–H groups in total. The summed E-state index contributed by atoms with van der Waals surface area (Å²) in [4.78, 5) is 2.90. The maximum atomic E-state index is 8.77. The van der Waals surface area contributed by atoms with Gasteiger partial charge in [-0.2, -0.15) is 0 Å². The first-order valence-electron chi connectivity index (χ1n) is 6.76. The lowest BCUT2D eigenvalue weighted by molar-refractivity contribution is 0.440. The van der Waals surface area contributed by atoms with E-state index in [0.29, 0.717) is 12.2 Å². The molecule has 0 radical (unpaired) electrons. The van der Waals surface area contributed by atoms with E-state index in [0.717, 1.165) is 22.0 Å². The first-order chi connectivity index (χ1) is 10.8. The van der Waals surface area contributed by atoms with Crippen molar-refractivity contribution in [2.45, 2.75) is 12.5 Å². The van der Waals surface area contributed by atoms with Crippen LogP contribution in [-0.2, 0) is 0 Å². The molecule has 0 aliphatic rings. The maximum absolute atomic E-state index is 8.77. The van der Waals surface area contributed by atoms with Crippen LogP contribution in [0.4, 0.5) is 0 Å². The lowest BCUT2D eigenvalue weighted by atomic mass is 9.96. The average Bonchev–Trinajstić information content (AvgIpc) is 2.98. The molecule has 1 unspecified atom stereocenters. The minimum atomic E-state index is -0.435. The second kappa shape index (κ2) is 6.04. The number of fused-ring (bicyclic) bond motifs is 1. The Labute approximate surface area is 127 Å². The Morgan fingerprint density at radius 1 is 1.23 bits per heavy atom. The largest absolute Gasteiger partial charge is 0.355 e. The number of azide groups is 1. The average molecular weight is 288 g/mol. The third-order valence-corrected chi connectivity index (χ3v) is 3.45. The molecule has 22 heavy (non-hydrogen) atoms. The molecule has 1 atom stereocenters. The van der Waals surface area contributed by atoms with Crippen molar-refractivity contribution in [3.63, 3.8) is 0 Å². The van der Waals surface area contributed by atoms with Crippen LogP contribution in [0, 0.1) is 12.3 Å². The van der Waals surface area contributed by atoms with Crippen LogP contribution in [0.5, 0.6) is 0 Å². The van der Waals surface area contributed by atoms with Gasteiger partial charge in [0.2, 0.25) is 0 Å². The van der Waals surface area contributed by atoms with Crippen LogP contribution in [0.3, 0.4) is 0 Å². The molecule has 0 spiro atoms. The molecular formula is C17H12N4O. The summed E-state index contributed by atoms with van der Waals surface area (Å²) in [6, 6.07) is 14.8. The molecule has 2 aromatic carbocycles. The first kappa shape index (κ1) is 13.7. The fourth-order valence-electron chi connectivity index (χ4n) is 2.46. The first-order valence-corrected chi connectivity index (χ1v) is 6.76. The Morgan fingerprint density at radius 3 is 2.82 bits per heavy atom. The molecule has 0 saturated carbocycles. The molecule has 0 amide bonds. The summed E-state index contributed by atoms with van der Waals surface area (Å²) < 4.78 is 5.51. The van der Waals surface area contributed by atoms with Crippen molar-refractivity contribution in [1.29, 1.82) is 0 Å². The fourth-order valence-corrected chi connectivity index (χ4v) is 2.46. The van der Waals surface area contributed by atoms with Crippen molar-refractivity contribution in [2.75, 3.05) is 0 Å². The fraction of sp³-hybridized carbons (Fsp3) is 0.118. The van der Waals surface area contributed by atoms with Gasteiger partial charge >= 0.3 is 0 Å². The van der Waals surface area contributed by atoms with Gasteiger partial charge < -0.3 is 4.52 Å². The van der Waals surface area contributed by atoms with E-state index < -0.39 is 6.04 Å². The topological polar surface area (TPSA) is 74.8 Å². The lowest BCUT2D eigenvalue weighted by Gasteiger charge is -2.12. The molecule has 0 bridgehead atoms. The van der Waals surface area contributed by atoms with E-state index in [9.17, 15) is 0 Å². The van der Waals surface area contributed by atoms with Gasteiger partial charge in [0.05, 0.1) is 6.04 Å². The summed E-state index contributed by atoms with van der Waals surface area (Å²) in [6.07, 6.45) is 5.71. The number of hydrogen-bond donors (Lipinski definition) is 0. The SMILES string of the molecule is C#CCC(N=[N+]=[N-])c1ccccc1-c1onc2ccccc12. The number of terminal acetylenes is 1. The smallest absolute Gasteiger partial charge is 0.174 e. The van der Waals surface area contributed by atoms with Gasteiger partial charge in [-0.25, -0.2) is 0 Å². The summed E-state index contributed by atoms with van der Waals surface area (Å²) in [7, 11) is 0. The number of rotatable bonds is 4. The quantitative estimate of drug-likeness (QED) is 0.297. The maximum Gasteiger partial charge on any atom is 0.174 e. The standard InChI is InChI=1S/C17H12N4O/c1-2-7-15(19-21-18)12-8-3-4-9-13(12)17-14-10-5-6-11-16(14)20-22-17/h1,3-6,8-11,15H,7H2. The van der Waals surface area contributed by atoms with Crippen LogP contribution >= 0.6 is 0 Å². The number of hydrogen-bond acceptors (Lipinski definition) is 3. The van der Waals surface area contributed by atoms with Crippen molar-refractivity contribution in [1.82, 2.24) is 5.16 Å². The number of benzene rings is 2. The van der Waals surface area contributed by atoms with E-state index in [1.807, 2.05) is 48.5 Å². The Bertz CT molecular complexity index is 900. The molecule has 3 aromatic rings. The predicted octanol–water partition coefficient (Wildman–Crippen LogP) is 4.87. The summed E-state index contributed by atoms with van der Waals surface area (Å²) >= 11 is 0. The van der Waals surface area contributed by atoms with E-state index in [4.69, 9.17) is 16.5 Å². The second-order valence-electron chi connectivity index (χ2n) is 4.75. The van der Waals surface area contributed by atoms with E-state index >= 15 is 0 Å². The van der Waals surface area contributed by atoms with Crippen molar-refractivity contribution in [3.8, 4) is 23.7 Å². The minimum absolute atomic E-state index is 0.327. The van der Waals surface area contributed by atoms with E-state index in [1.165, 1.54) is 0 Å². The molecule has 0 aliphatic carbocycles. The predicted molar refractivity (Wildman–Crippen MR) is 84.8 cm³/mol. The summed E-state index contributed by atoms with van der Waals surface area (Å²) in [5.41, 5.74) is 11.2. The molecule has 106 valence electrons. The zero-order valence-corrected chi connectivity index (χ0v) is 11.7. The molecular weight excluding hydrogens is 276 g/mol. The zero-order valence-electron chi connectivity index (χ0n) is 11.7. The lowest BCUT2D eigenvalue weighted by Crippen LogP contribution is -1.96. The highest BCUT2D eigenvalue weighted by Crippen LogP contribution is 2.35. The Kier molecular flexibility index (Phi) is 3.78. The molecule has 0 aliphatic heterocycles. The van der Waals surface area contributed by atoms with Crippen molar-refractivity contribution in [2.24, 2.45) is 5.11 Å². The van der Waals surface area contributed by atoms with Crippen molar-refractivity contribution in [3.05, 3.63) is 64.5 Å². The van der Waals surface area contributed by atoms with Crippen LogP contribution < -0.4 is 0 Å². The highest BCUT2D eigenvalue weighted by Gasteiger charge is 2.18. The van der Waals surface area contributed by atoms with Crippen LogP contribution in [0.15, 0.2) is 58.2 Å². The summed E-state index contributed by atoms with van der Waals surface area (Å²) in [6.45, 7) is 0. The van der Waals surface area contributed by atoms with Crippen LogP contribution in [-0.4, -0.2) is 5.16 Å². The zero-order chi connectivity index (χ0) is 15.4. The molecule has 0 saturated heterocycles. The summed E-state index contributed by atoms with van der Waals surface area (Å²) in [5.74, 6) is 3.20. The molecule has 3 rings (SSSR count). The second-order valence-corrected chi connectivity index (χ2v) is 4.75. The molecule has 1 heterocycles. The Balaban J connectivity index is 2.20. The van der Waals surface area contributed by atoms with Gasteiger partial charge in [-0.1, -0.05) is 46.7 Å². The van der Waals surface area contributed by atoms with Gasteiger partial charge in [-0.05, 0) is 23.2 Å².